The Bertz CT molecular complexity index is 1230. The van der Waals surface area contributed by atoms with Crippen molar-refractivity contribution in [2.45, 2.75) is 37.8 Å². The van der Waals surface area contributed by atoms with E-state index in [9.17, 15) is 8.42 Å². The quantitative estimate of drug-likeness (QED) is 0.430. The van der Waals surface area contributed by atoms with Crippen molar-refractivity contribution in [2.75, 3.05) is 11.9 Å². The second-order valence-corrected chi connectivity index (χ2v) is 10.5. The normalized spacial score (nSPS) is 14.2. The summed E-state index contributed by atoms with van der Waals surface area (Å²) in [6, 6.07) is 10.3. The van der Waals surface area contributed by atoms with E-state index >= 15 is 0 Å². The number of sulfonamides is 1. The first-order valence-corrected chi connectivity index (χ1v) is 12.8. The molecule has 1 aliphatic rings. The van der Waals surface area contributed by atoms with Crippen LogP contribution >= 0.6 is 31.9 Å². The summed E-state index contributed by atoms with van der Waals surface area (Å²) in [6.45, 7) is 5.10. The highest BCUT2D eigenvalue weighted by molar-refractivity contribution is 9.13. The van der Waals surface area contributed by atoms with Crippen LogP contribution in [0, 0.1) is 0 Å². The molecule has 1 aliphatic heterocycles. The molecule has 31 heavy (non-hydrogen) atoms. The number of rotatable bonds is 7. The van der Waals surface area contributed by atoms with Crippen LogP contribution in [-0.4, -0.2) is 29.7 Å². The summed E-state index contributed by atoms with van der Waals surface area (Å²) in [7, 11) is -3.76. The highest BCUT2D eigenvalue weighted by Crippen LogP contribution is 2.31. The van der Waals surface area contributed by atoms with E-state index < -0.39 is 16.1 Å². The zero-order valence-corrected chi connectivity index (χ0v) is 20.9. The van der Waals surface area contributed by atoms with Crippen LogP contribution in [0.2, 0.25) is 0 Å². The predicted molar refractivity (Wildman–Crippen MR) is 125 cm³/mol. The van der Waals surface area contributed by atoms with Gasteiger partial charge in [0.05, 0.1) is 10.9 Å². The fourth-order valence-corrected chi connectivity index (χ4v) is 5.43. The summed E-state index contributed by atoms with van der Waals surface area (Å²) in [5, 5.41) is 11.7. The summed E-state index contributed by atoms with van der Waals surface area (Å²) in [5.41, 5.74) is 2.31. The molecule has 2 heterocycles. The van der Waals surface area contributed by atoms with Gasteiger partial charge in [-0.1, -0.05) is 11.2 Å². The number of benzene rings is 2. The third-order valence-corrected chi connectivity index (χ3v) is 8.40. The average molecular weight is 571 g/mol. The third-order valence-electron chi connectivity index (χ3n) is 4.98. The van der Waals surface area contributed by atoms with E-state index in [1.54, 1.807) is 23.6 Å². The molecule has 1 aromatic heterocycles. The Labute approximate surface area is 197 Å². The molecule has 3 aromatic rings. The number of aromatic nitrogens is 3. The van der Waals surface area contributed by atoms with Gasteiger partial charge in [0.15, 0.2) is 5.82 Å². The predicted octanol–water partition coefficient (Wildman–Crippen LogP) is 4.62. The topological polar surface area (TPSA) is 98.1 Å². The Hall–Kier alpha value is -1.95. The molecule has 1 atom stereocenters. The van der Waals surface area contributed by atoms with E-state index in [4.69, 9.17) is 4.74 Å². The lowest BCUT2D eigenvalue weighted by atomic mass is 10.2. The van der Waals surface area contributed by atoms with Gasteiger partial charge in [-0.25, -0.2) is 13.1 Å². The van der Waals surface area contributed by atoms with Crippen molar-refractivity contribution >= 4 is 47.6 Å². The molecule has 0 saturated carbocycles. The molecule has 2 aromatic carbocycles. The van der Waals surface area contributed by atoms with Crippen LogP contribution in [0.15, 0.2) is 50.2 Å². The minimum absolute atomic E-state index is 0.152. The van der Waals surface area contributed by atoms with Crippen LogP contribution in [0.4, 0.5) is 5.69 Å². The van der Waals surface area contributed by atoms with Crippen molar-refractivity contribution in [3.8, 4) is 11.8 Å². The standard InChI is InChI=1S/C20H21Br2N5O3S/c1-3-27-19(12(2)26-31(28,29)15-6-7-16(21)17(22)11-15)24-25-20(27)30-14-5-4-13-8-9-23-18(13)10-14/h4-7,10-12,23,26H,3,8-9H2,1-2H3/t12-/m1/s1. The zero-order chi connectivity index (χ0) is 22.2. The van der Waals surface area contributed by atoms with Gasteiger partial charge in [-0.3, -0.25) is 4.57 Å². The molecule has 0 amide bonds. The van der Waals surface area contributed by atoms with Gasteiger partial charge in [0.25, 0.3) is 0 Å². The van der Waals surface area contributed by atoms with E-state index in [0.29, 0.717) is 28.6 Å². The molecule has 0 spiro atoms. The largest absolute Gasteiger partial charge is 0.424 e. The van der Waals surface area contributed by atoms with Gasteiger partial charge < -0.3 is 10.1 Å². The molecule has 2 N–H and O–H groups in total. The summed E-state index contributed by atoms with van der Waals surface area (Å²) in [5.74, 6) is 1.12. The molecular weight excluding hydrogens is 550 g/mol. The van der Waals surface area contributed by atoms with E-state index in [-0.39, 0.29) is 4.90 Å². The van der Waals surface area contributed by atoms with Gasteiger partial charge in [0, 0.05) is 33.8 Å². The van der Waals surface area contributed by atoms with Crippen molar-refractivity contribution in [2.24, 2.45) is 0 Å². The van der Waals surface area contributed by atoms with Crippen LogP contribution in [0.3, 0.4) is 0 Å². The second-order valence-electron chi connectivity index (χ2n) is 7.10. The molecule has 0 unspecified atom stereocenters. The van der Waals surface area contributed by atoms with Crippen molar-refractivity contribution in [3.63, 3.8) is 0 Å². The number of nitrogens with zero attached hydrogens (tertiary/aromatic N) is 3. The molecule has 4 rings (SSSR count). The maximum Gasteiger partial charge on any atom is 0.322 e. The van der Waals surface area contributed by atoms with Gasteiger partial charge in [-0.05, 0) is 82.0 Å². The van der Waals surface area contributed by atoms with Crippen LogP contribution in [0.5, 0.6) is 11.8 Å². The van der Waals surface area contributed by atoms with Gasteiger partial charge >= 0.3 is 6.01 Å². The van der Waals surface area contributed by atoms with Crippen molar-refractivity contribution in [3.05, 3.63) is 56.7 Å². The fraction of sp³-hybridized carbons (Fsp3) is 0.300. The number of hydrogen-bond acceptors (Lipinski definition) is 6. The number of ether oxygens (including phenoxy) is 1. The van der Waals surface area contributed by atoms with Crippen molar-refractivity contribution in [1.29, 1.82) is 0 Å². The summed E-state index contributed by atoms with van der Waals surface area (Å²) >= 11 is 6.69. The Balaban J connectivity index is 1.55. The maximum atomic E-state index is 12.8. The molecule has 164 valence electrons. The average Bonchev–Trinajstić information content (AvgIpc) is 3.35. The van der Waals surface area contributed by atoms with Crippen LogP contribution in [0.25, 0.3) is 0 Å². The van der Waals surface area contributed by atoms with Crippen LogP contribution in [-0.2, 0) is 23.0 Å². The lowest BCUT2D eigenvalue weighted by Crippen LogP contribution is -2.29. The van der Waals surface area contributed by atoms with E-state index in [0.717, 1.165) is 23.1 Å². The molecule has 8 nitrogen and oxygen atoms in total. The molecule has 0 radical (unpaired) electrons. The fourth-order valence-electron chi connectivity index (χ4n) is 3.43. The summed E-state index contributed by atoms with van der Waals surface area (Å²) < 4.78 is 37.5. The Kier molecular flexibility index (Phi) is 6.38. The zero-order valence-electron chi connectivity index (χ0n) is 16.9. The molecule has 0 fully saturated rings. The molecule has 11 heteroatoms. The Morgan fingerprint density at radius 1 is 1.19 bits per heavy atom. The first-order valence-electron chi connectivity index (χ1n) is 9.73. The van der Waals surface area contributed by atoms with Crippen molar-refractivity contribution < 1.29 is 13.2 Å². The van der Waals surface area contributed by atoms with Gasteiger partial charge in [0.2, 0.25) is 10.0 Å². The third kappa shape index (κ3) is 4.64. The van der Waals surface area contributed by atoms with Gasteiger partial charge in [-0.15, -0.1) is 5.10 Å². The van der Waals surface area contributed by atoms with Crippen LogP contribution < -0.4 is 14.8 Å². The minimum Gasteiger partial charge on any atom is -0.424 e. The SMILES string of the molecule is CCn1c(Oc2ccc3c(c2)NCC3)nnc1[C@@H](C)NS(=O)(=O)c1ccc(Br)c(Br)c1. The lowest BCUT2D eigenvalue weighted by Gasteiger charge is -2.16. The Morgan fingerprint density at radius 2 is 2.00 bits per heavy atom. The summed E-state index contributed by atoms with van der Waals surface area (Å²) in [4.78, 5) is 0.152. The Morgan fingerprint density at radius 3 is 2.74 bits per heavy atom. The van der Waals surface area contributed by atoms with E-state index in [1.807, 2.05) is 25.1 Å². The first kappa shape index (κ1) is 22.3. The van der Waals surface area contributed by atoms with E-state index in [2.05, 4.69) is 52.1 Å². The van der Waals surface area contributed by atoms with Gasteiger partial charge in [0.1, 0.15) is 5.75 Å². The highest BCUT2D eigenvalue weighted by Gasteiger charge is 2.24. The number of hydrogen-bond donors (Lipinski definition) is 2. The molecule has 0 aliphatic carbocycles. The number of halogens is 2. The number of anilines is 1. The van der Waals surface area contributed by atoms with Gasteiger partial charge in [-0.2, -0.15) is 0 Å². The minimum atomic E-state index is -3.76. The van der Waals surface area contributed by atoms with Crippen LogP contribution in [0.1, 0.15) is 31.3 Å². The van der Waals surface area contributed by atoms with E-state index in [1.165, 1.54) is 11.6 Å². The summed E-state index contributed by atoms with van der Waals surface area (Å²) in [6.07, 6.45) is 0.998. The molecule has 0 bridgehead atoms. The number of nitrogens with one attached hydrogen (secondary N) is 2. The molecule has 0 saturated heterocycles. The smallest absolute Gasteiger partial charge is 0.322 e. The number of fused-ring (bicyclic) bond motifs is 1. The highest BCUT2D eigenvalue weighted by atomic mass is 79.9. The molecular formula is C20H21Br2N5O3S. The monoisotopic (exact) mass is 569 g/mol. The first-order chi connectivity index (χ1) is 14.8. The second kappa shape index (κ2) is 8.89. The van der Waals surface area contributed by atoms with Crippen molar-refractivity contribution in [1.82, 2.24) is 19.5 Å². The lowest BCUT2D eigenvalue weighted by molar-refractivity contribution is 0.408. The maximum absolute atomic E-state index is 12.8.